The van der Waals surface area contributed by atoms with Crippen LogP contribution in [0.5, 0.6) is 0 Å². The number of rotatable bonds is 4. The highest BCUT2D eigenvalue weighted by molar-refractivity contribution is 6.03. The highest BCUT2D eigenvalue weighted by Crippen LogP contribution is 2.27. The fourth-order valence-electron chi connectivity index (χ4n) is 3.24. The van der Waals surface area contributed by atoms with Crippen molar-refractivity contribution in [3.05, 3.63) is 59.4 Å². The zero-order valence-electron chi connectivity index (χ0n) is 14.2. The van der Waals surface area contributed by atoms with Gasteiger partial charge in [0.05, 0.1) is 5.56 Å². The number of hydrogen-bond donors (Lipinski definition) is 1. The standard InChI is InChI=1S/C19H19FN4O2/c20-14-10-15(18(21)25)17-16(11-14)22-19(26-17)24-8-6-23(7-9-24)12-13-4-2-1-3-5-13/h1-5,10-11H,6-9,12H2,(H2,21,25). The second-order valence-corrected chi connectivity index (χ2v) is 6.41. The zero-order valence-corrected chi connectivity index (χ0v) is 14.2. The quantitative estimate of drug-likeness (QED) is 0.779. The second kappa shape index (κ2) is 6.76. The molecule has 1 fully saturated rings. The Bertz CT molecular complexity index is 933. The normalized spacial score (nSPS) is 15.5. The van der Waals surface area contributed by atoms with Crippen LogP contribution in [0.1, 0.15) is 15.9 Å². The van der Waals surface area contributed by atoms with Crippen molar-refractivity contribution in [2.24, 2.45) is 5.73 Å². The molecule has 4 rings (SSSR count). The first-order valence-electron chi connectivity index (χ1n) is 8.51. The molecule has 0 saturated carbocycles. The van der Waals surface area contributed by atoms with Crippen LogP contribution in [0.2, 0.25) is 0 Å². The third-order valence-corrected chi connectivity index (χ3v) is 4.60. The summed E-state index contributed by atoms with van der Waals surface area (Å²) in [6, 6.07) is 13.1. The molecule has 0 aliphatic carbocycles. The molecule has 26 heavy (non-hydrogen) atoms. The van der Waals surface area contributed by atoms with E-state index in [1.807, 2.05) is 23.1 Å². The van der Waals surface area contributed by atoms with Crippen molar-refractivity contribution < 1.29 is 13.6 Å². The van der Waals surface area contributed by atoms with Crippen molar-refractivity contribution in [3.63, 3.8) is 0 Å². The van der Waals surface area contributed by atoms with Crippen molar-refractivity contribution in [2.75, 3.05) is 31.1 Å². The van der Waals surface area contributed by atoms with E-state index in [-0.39, 0.29) is 11.1 Å². The third kappa shape index (κ3) is 3.25. The Morgan fingerprint density at radius 2 is 1.88 bits per heavy atom. The largest absolute Gasteiger partial charge is 0.423 e. The molecule has 7 heteroatoms. The number of aromatic nitrogens is 1. The predicted octanol–water partition coefficient (Wildman–Crippen LogP) is 2.39. The Kier molecular flexibility index (Phi) is 4.30. The van der Waals surface area contributed by atoms with Crippen LogP contribution in [0, 0.1) is 5.82 Å². The highest BCUT2D eigenvalue weighted by atomic mass is 19.1. The summed E-state index contributed by atoms with van der Waals surface area (Å²) in [4.78, 5) is 20.2. The number of primary amides is 1. The number of carbonyl (C=O) groups excluding carboxylic acids is 1. The molecule has 1 amide bonds. The van der Waals surface area contributed by atoms with E-state index in [2.05, 4.69) is 22.0 Å². The van der Waals surface area contributed by atoms with E-state index in [9.17, 15) is 9.18 Å². The second-order valence-electron chi connectivity index (χ2n) is 6.41. The zero-order chi connectivity index (χ0) is 18.1. The number of piperazine rings is 1. The minimum atomic E-state index is -0.732. The lowest BCUT2D eigenvalue weighted by atomic mass is 10.2. The van der Waals surface area contributed by atoms with Gasteiger partial charge in [-0.3, -0.25) is 9.69 Å². The summed E-state index contributed by atoms with van der Waals surface area (Å²) in [5.74, 6) is -1.29. The van der Waals surface area contributed by atoms with Gasteiger partial charge in [0.1, 0.15) is 11.3 Å². The maximum atomic E-state index is 13.7. The number of nitrogens with zero attached hydrogens (tertiary/aromatic N) is 3. The van der Waals surface area contributed by atoms with Crippen LogP contribution in [0.25, 0.3) is 11.1 Å². The van der Waals surface area contributed by atoms with E-state index in [0.717, 1.165) is 38.8 Å². The summed E-state index contributed by atoms with van der Waals surface area (Å²) >= 11 is 0. The molecule has 2 N–H and O–H groups in total. The Labute approximate surface area is 150 Å². The van der Waals surface area contributed by atoms with Gasteiger partial charge < -0.3 is 15.1 Å². The number of hydrogen-bond acceptors (Lipinski definition) is 5. The fraction of sp³-hybridized carbons (Fsp3) is 0.263. The molecule has 1 saturated heterocycles. The van der Waals surface area contributed by atoms with Gasteiger partial charge in [-0.25, -0.2) is 4.39 Å². The number of fused-ring (bicyclic) bond motifs is 1. The molecule has 0 unspecified atom stereocenters. The fourth-order valence-corrected chi connectivity index (χ4v) is 3.24. The number of nitrogens with two attached hydrogens (primary N) is 1. The molecule has 1 aliphatic rings. The van der Waals surface area contributed by atoms with E-state index >= 15 is 0 Å². The predicted molar refractivity (Wildman–Crippen MR) is 96.4 cm³/mol. The molecule has 1 aliphatic heterocycles. The van der Waals surface area contributed by atoms with Crippen molar-refractivity contribution in [3.8, 4) is 0 Å². The van der Waals surface area contributed by atoms with Gasteiger partial charge in [0.2, 0.25) is 0 Å². The lowest BCUT2D eigenvalue weighted by Gasteiger charge is -2.33. The lowest BCUT2D eigenvalue weighted by Crippen LogP contribution is -2.46. The van der Waals surface area contributed by atoms with Crippen LogP contribution in [-0.2, 0) is 6.54 Å². The first kappa shape index (κ1) is 16.5. The van der Waals surface area contributed by atoms with Gasteiger partial charge in [-0.1, -0.05) is 30.3 Å². The number of carbonyl (C=O) groups is 1. The van der Waals surface area contributed by atoms with Crippen molar-refractivity contribution in [2.45, 2.75) is 6.54 Å². The molecule has 0 atom stereocenters. The van der Waals surface area contributed by atoms with Crippen LogP contribution < -0.4 is 10.6 Å². The SMILES string of the molecule is NC(=O)c1cc(F)cc2nc(N3CCN(Cc4ccccc4)CC3)oc12. The van der Waals surface area contributed by atoms with Crippen molar-refractivity contribution in [1.82, 2.24) is 9.88 Å². The Balaban J connectivity index is 1.49. The van der Waals surface area contributed by atoms with Gasteiger partial charge in [-0.05, 0) is 11.6 Å². The summed E-state index contributed by atoms with van der Waals surface area (Å²) in [7, 11) is 0. The third-order valence-electron chi connectivity index (χ3n) is 4.60. The minimum Gasteiger partial charge on any atom is -0.423 e. The average Bonchev–Trinajstić information content (AvgIpc) is 3.06. The molecular formula is C19H19FN4O2. The molecular weight excluding hydrogens is 335 g/mol. The van der Waals surface area contributed by atoms with Gasteiger partial charge in [-0.15, -0.1) is 0 Å². The maximum absolute atomic E-state index is 13.7. The monoisotopic (exact) mass is 354 g/mol. The highest BCUT2D eigenvalue weighted by Gasteiger charge is 2.23. The summed E-state index contributed by atoms with van der Waals surface area (Å²) in [6.45, 7) is 4.12. The number of anilines is 1. The summed E-state index contributed by atoms with van der Waals surface area (Å²) in [6.07, 6.45) is 0. The molecule has 134 valence electrons. The van der Waals surface area contributed by atoms with Gasteiger partial charge in [0, 0.05) is 38.8 Å². The molecule has 6 nitrogen and oxygen atoms in total. The number of benzene rings is 2. The minimum absolute atomic E-state index is 0.0152. The van der Waals surface area contributed by atoms with Gasteiger partial charge in [0.15, 0.2) is 5.58 Å². The number of halogens is 1. The summed E-state index contributed by atoms with van der Waals surface area (Å²) in [5.41, 5.74) is 7.15. The Morgan fingerprint density at radius 1 is 1.15 bits per heavy atom. The van der Waals surface area contributed by atoms with Crippen LogP contribution >= 0.6 is 0 Å². The number of amides is 1. The molecule has 2 heterocycles. The summed E-state index contributed by atoms with van der Waals surface area (Å²) < 4.78 is 19.4. The molecule has 3 aromatic rings. The summed E-state index contributed by atoms with van der Waals surface area (Å²) in [5, 5.41) is 0. The topological polar surface area (TPSA) is 75.6 Å². The lowest BCUT2D eigenvalue weighted by molar-refractivity contribution is 0.100. The average molecular weight is 354 g/mol. The van der Waals surface area contributed by atoms with Crippen LogP contribution in [0.3, 0.4) is 0 Å². The van der Waals surface area contributed by atoms with Crippen molar-refractivity contribution in [1.29, 1.82) is 0 Å². The van der Waals surface area contributed by atoms with E-state index in [4.69, 9.17) is 10.2 Å². The maximum Gasteiger partial charge on any atom is 0.298 e. The number of oxazole rings is 1. The van der Waals surface area contributed by atoms with E-state index in [1.54, 1.807) is 0 Å². The van der Waals surface area contributed by atoms with Crippen LogP contribution in [0.15, 0.2) is 46.9 Å². The first-order valence-corrected chi connectivity index (χ1v) is 8.51. The van der Waals surface area contributed by atoms with Gasteiger partial charge in [-0.2, -0.15) is 4.98 Å². The molecule has 0 bridgehead atoms. The Morgan fingerprint density at radius 3 is 2.58 bits per heavy atom. The molecule has 1 aromatic heterocycles. The molecule has 0 radical (unpaired) electrons. The van der Waals surface area contributed by atoms with E-state index < -0.39 is 11.7 Å². The van der Waals surface area contributed by atoms with E-state index in [0.29, 0.717) is 11.5 Å². The molecule has 2 aromatic carbocycles. The smallest absolute Gasteiger partial charge is 0.298 e. The first-order chi connectivity index (χ1) is 12.6. The van der Waals surface area contributed by atoms with Crippen LogP contribution in [0.4, 0.5) is 10.4 Å². The van der Waals surface area contributed by atoms with Crippen LogP contribution in [-0.4, -0.2) is 42.0 Å². The molecule has 0 spiro atoms. The van der Waals surface area contributed by atoms with Crippen molar-refractivity contribution >= 4 is 23.0 Å². The Hall–Kier alpha value is -2.93. The van der Waals surface area contributed by atoms with E-state index in [1.165, 1.54) is 11.6 Å². The van der Waals surface area contributed by atoms with Gasteiger partial charge in [0.25, 0.3) is 11.9 Å². The van der Waals surface area contributed by atoms with Gasteiger partial charge >= 0.3 is 0 Å².